The number of ether oxygens (including phenoxy) is 2. The third-order valence-electron chi connectivity index (χ3n) is 2.42. The monoisotopic (exact) mass is 255 g/mol. The average molecular weight is 255 g/mol. The molecule has 0 atom stereocenters. The van der Waals surface area contributed by atoms with Crippen LogP contribution in [0.1, 0.15) is 35.9 Å². The van der Waals surface area contributed by atoms with Crippen LogP contribution in [0.2, 0.25) is 0 Å². The lowest BCUT2D eigenvalue weighted by molar-refractivity contribution is 0.0563. The van der Waals surface area contributed by atoms with Crippen molar-refractivity contribution in [2.45, 2.75) is 26.3 Å². The molecule has 0 bridgehead atoms. The van der Waals surface area contributed by atoms with Crippen molar-refractivity contribution < 1.29 is 18.7 Å². The average Bonchev–Trinajstić information content (AvgIpc) is 2.85. The highest BCUT2D eigenvalue weighted by atomic mass is 16.5. The van der Waals surface area contributed by atoms with Crippen LogP contribution in [-0.2, 0) is 16.0 Å². The van der Waals surface area contributed by atoms with Crippen molar-refractivity contribution in [2.75, 3.05) is 26.9 Å². The van der Waals surface area contributed by atoms with Crippen LogP contribution in [-0.4, -0.2) is 32.8 Å². The third kappa shape index (κ3) is 4.89. The summed E-state index contributed by atoms with van der Waals surface area (Å²) in [5.74, 6) is -0.171. The first-order valence-electron chi connectivity index (χ1n) is 6.22. The molecular formula is C13H21NO4. The lowest BCUT2D eigenvalue weighted by atomic mass is 10.2. The fourth-order valence-corrected chi connectivity index (χ4v) is 1.52. The predicted molar refractivity (Wildman–Crippen MR) is 67.5 cm³/mol. The number of rotatable bonds is 9. The Bertz CT molecular complexity index is 349. The zero-order chi connectivity index (χ0) is 13.2. The van der Waals surface area contributed by atoms with Gasteiger partial charge in [-0.2, -0.15) is 0 Å². The molecule has 1 aromatic heterocycles. The van der Waals surface area contributed by atoms with Gasteiger partial charge in [0.1, 0.15) is 0 Å². The summed E-state index contributed by atoms with van der Waals surface area (Å²) >= 11 is 0. The minimum Gasteiger partial charge on any atom is -0.463 e. The first-order chi connectivity index (χ1) is 8.79. The topological polar surface area (TPSA) is 60.7 Å². The summed E-state index contributed by atoms with van der Waals surface area (Å²) in [7, 11) is 1.34. The molecule has 0 fully saturated rings. The first kappa shape index (κ1) is 14.7. The highest BCUT2D eigenvalue weighted by Gasteiger charge is 2.14. The number of furan rings is 1. The van der Waals surface area contributed by atoms with E-state index in [2.05, 4.69) is 17.0 Å². The van der Waals surface area contributed by atoms with Crippen LogP contribution in [0.15, 0.2) is 16.7 Å². The van der Waals surface area contributed by atoms with Crippen molar-refractivity contribution in [3.05, 3.63) is 23.7 Å². The van der Waals surface area contributed by atoms with Gasteiger partial charge in [-0.25, -0.2) is 4.79 Å². The summed E-state index contributed by atoms with van der Waals surface area (Å²) in [5.41, 5.74) is 0.816. The molecule has 1 heterocycles. The van der Waals surface area contributed by atoms with Gasteiger partial charge in [-0.3, -0.25) is 0 Å². The Morgan fingerprint density at radius 2 is 2.28 bits per heavy atom. The standard InChI is InChI=1S/C13H21NO4/c1-3-7-17-8-4-6-14-10-11-5-9-18-12(11)13(15)16-2/h5,9,14H,3-4,6-8,10H2,1-2H3. The second-order valence-electron chi connectivity index (χ2n) is 3.91. The van der Waals surface area contributed by atoms with E-state index in [1.54, 1.807) is 6.07 Å². The van der Waals surface area contributed by atoms with Crippen LogP contribution in [0.25, 0.3) is 0 Å². The predicted octanol–water partition coefficient (Wildman–Crippen LogP) is 1.97. The number of esters is 1. The van der Waals surface area contributed by atoms with Gasteiger partial charge in [0.15, 0.2) is 0 Å². The van der Waals surface area contributed by atoms with E-state index in [0.29, 0.717) is 6.54 Å². The number of hydrogen-bond donors (Lipinski definition) is 1. The van der Waals surface area contributed by atoms with E-state index in [1.807, 2.05) is 0 Å². The number of nitrogens with one attached hydrogen (secondary N) is 1. The van der Waals surface area contributed by atoms with Crippen LogP contribution in [0.5, 0.6) is 0 Å². The third-order valence-corrected chi connectivity index (χ3v) is 2.42. The summed E-state index contributed by atoms with van der Waals surface area (Å²) in [6.07, 6.45) is 3.49. The van der Waals surface area contributed by atoms with Gasteiger partial charge in [0.25, 0.3) is 0 Å². The maximum atomic E-state index is 11.3. The van der Waals surface area contributed by atoms with Crippen molar-refractivity contribution in [3.63, 3.8) is 0 Å². The van der Waals surface area contributed by atoms with Gasteiger partial charge in [0.05, 0.1) is 13.4 Å². The zero-order valence-electron chi connectivity index (χ0n) is 11.0. The van der Waals surface area contributed by atoms with Gasteiger partial charge in [0, 0.05) is 25.3 Å². The largest absolute Gasteiger partial charge is 0.463 e. The fourth-order valence-electron chi connectivity index (χ4n) is 1.52. The molecule has 0 saturated heterocycles. The molecule has 1 aromatic rings. The molecule has 0 unspecified atom stereocenters. The fraction of sp³-hybridized carbons (Fsp3) is 0.615. The van der Waals surface area contributed by atoms with Crippen LogP contribution >= 0.6 is 0 Å². The molecule has 0 aliphatic carbocycles. The summed E-state index contributed by atoms with van der Waals surface area (Å²) in [4.78, 5) is 11.3. The quantitative estimate of drug-likeness (QED) is 0.540. The smallest absolute Gasteiger partial charge is 0.374 e. The Kier molecular flexibility index (Phi) is 7.13. The van der Waals surface area contributed by atoms with Gasteiger partial charge in [-0.05, 0) is 25.5 Å². The number of carbonyl (C=O) groups is 1. The summed E-state index contributed by atoms with van der Waals surface area (Å²) in [6, 6.07) is 1.77. The van der Waals surface area contributed by atoms with Gasteiger partial charge in [-0.1, -0.05) is 6.92 Å². The van der Waals surface area contributed by atoms with E-state index in [0.717, 1.165) is 38.2 Å². The zero-order valence-corrected chi connectivity index (χ0v) is 11.0. The maximum Gasteiger partial charge on any atom is 0.374 e. The molecular weight excluding hydrogens is 234 g/mol. The van der Waals surface area contributed by atoms with E-state index >= 15 is 0 Å². The first-order valence-corrected chi connectivity index (χ1v) is 6.22. The highest BCUT2D eigenvalue weighted by molar-refractivity contribution is 5.87. The number of hydrogen-bond acceptors (Lipinski definition) is 5. The Labute approximate surface area is 107 Å². The normalized spacial score (nSPS) is 10.6. The molecule has 0 aromatic carbocycles. The van der Waals surface area contributed by atoms with Gasteiger partial charge < -0.3 is 19.2 Å². The SMILES string of the molecule is CCCOCCCNCc1ccoc1C(=O)OC. The Morgan fingerprint density at radius 3 is 3.00 bits per heavy atom. The summed E-state index contributed by atoms with van der Waals surface area (Å²) < 4.78 is 15.1. The number of carbonyl (C=O) groups excluding carboxylic acids is 1. The van der Waals surface area contributed by atoms with Crippen molar-refractivity contribution in [1.29, 1.82) is 0 Å². The van der Waals surface area contributed by atoms with Crippen LogP contribution in [0.4, 0.5) is 0 Å². The van der Waals surface area contributed by atoms with E-state index in [4.69, 9.17) is 9.15 Å². The van der Waals surface area contributed by atoms with Crippen LogP contribution in [0, 0.1) is 0 Å². The van der Waals surface area contributed by atoms with Gasteiger partial charge in [0.2, 0.25) is 5.76 Å². The highest BCUT2D eigenvalue weighted by Crippen LogP contribution is 2.11. The van der Waals surface area contributed by atoms with Crippen LogP contribution < -0.4 is 5.32 Å². The van der Waals surface area contributed by atoms with Crippen molar-refractivity contribution in [1.82, 2.24) is 5.32 Å². The molecule has 1 rings (SSSR count). The van der Waals surface area contributed by atoms with Gasteiger partial charge in [-0.15, -0.1) is 0 Å². The maximum absolute atomic E-state index is 11.3. The van der Waals surface area contributed by atoms with E-state index in [-0.39, 0.29) is 5.76 Å². The van der Waals surface area contributed by atoms with E-state index in [1.165, 1.54) is 13.4 Å². The molecule has 102 valence electrons. The number of methoxy groups -OCH3 is 1. The lowest BCUT2D eigenvalue weighted by Gasteiger charge is -2.05. The minimum absolute atomic E-state index is 0.271. The van der Waals surface area contributed by atoms with Crippen molar-refractivity contribution in [2.24, 2.45) is 0 Å². The molecule has 5 nitrogen and oxygen atoms in total. The summed E-state index contributed by atoms with van der Waals surface area (Å²) in [5, 5.41) is 3.24. The minimum atomic E-state index is -0.442. The molecule has 0 aliphatic rings. The van der Waals surface area contributed by atoms with E-state index < -0.39 is 5.97 Å². The second-order valence-corrected chi connectivity index (χ2v) is 3.91. The molecule has 0 spiro atoms. The van der Waals surface area contributed by atoms with Crippen LogP contribution in [0.3, 0.4) is 0 Å². The van der Waals surface area contributed by atoms with E-state index in [9.17, 15) is 4.79 Å². The molecule has 5 heteroatoms. The molecule has 0 saturated carbocycles. The van der Waals surface area contributed by atoms with Gasteiger partial charge >= 0.3 is 5.97 Å². The lowest BCUT2D eigenvalue weighted by Crippen LogP contribution is -2.17. The molecule has 0 amide bonds. The second kappa shape index (κ2) is 8.72. The van der Waals surface area contributed by atoms with Crippen molar-refractivity contribution >= 4 is 5.97 Å². The molecule has 18 heavy (non-hydrogen) atoms. The van der Waals surface area contributed by atoms with Crippen molar-refractivity contribution in [3.8, 4) is 0 Å². The molecule has 0 aliphatic heterocycles. The molecule has 1 N–H and O–H groups in total. The Morgan fingerprint density at radius 1 is 1.44 bits per heavy atom. The molecule has 0 radical (unpaired) electrons. The summed E-state index contributed by atoms with van der Waals surface area (Å²) in [6.45, 7) is 5.10. The Balaban J connectivity index is 2.19. The Hall–Kier alpha value is -1.33.